The average Bonchev–Trinajstić information content (AvgIpc) is 0.891. The van der Waals surface area contributed by atoms with Gasteiger partial charge >= 0.3 is 33.6 Å². The van der Waals surface area contributed by atoms with Gasteiger partial charge in [-0.25, -0.2) is 9.13 Å². The SMILES string of the molecule is CC/C=C\C/C=C\C/C=C\C/C=C\C/C=C\C/C=C\CCCCCCCCCCCCCCCCCCC(=O)OCC(O)COP(=O)(O)OCC(O)COP(=O)(O)OCC(COC(=O)CCCCCCCCCCCCCCCCCC/C=C\C/C=C\C/C=C\C/C=C\C/C=C\C/C=C\CC)OC(=O)CCCCCCCCCCCCCCCCCCC/C=C\C/C=C\C/C=C\C/C=C\C/C=C\CC. The van der Waals surface area contributed by atoms with Gasteiger partial charge in [0, 0.05) is 19.3 Å². The van der Waals surface area contributed by atoms with Crippen molar-refractivity contribution in [2.45, 2.75) is 501 Å². The van der Waals surface area contributed by atoms with Gasteiger partial charge in [0.25, 0.3) is 0 Å². The summed E-state index contributed by atoms with van der Waals surface area (Å²) in [5, 5.41) is 20.9. The summed E-state index contributed by atoms with van der Waals surface area (Å²) in [6.45, 7) is 2.43. The second-order valence-corrected chi connectivity index (χ2v) is 40.3. The van der Waals surface area contributed by atoms with Crippen molar-refractivity contribution in [3.05, 3.63) is 207 Å². The van der Waals surface area contributed by atoms with Gasteiger partial charge in [-0.05, 0) is 167 Å². The maximum Gasteiger partial charge on any atom is 0.472 e. The number of hydrogen-bond donors (Lipinski definition) is 4. The third-order valence-corrected chi connectivity index (χ3v) is 25.9. The lowest BCUT2D eigenvalue weighted by Gasteiger charge is -2.21. The van der Waals surface area contributed by atoms with Gasteiger partial charge in [-0.15, -0.1) is 0 Å². The third kappa shape index (κ3) is 112. The molecule has 16 nitrogen and oxygen atoms in total. The molecule has 0 heterocycles. The maximum atomic E-state index is 13.2. The van der Waals surface area contributed by atoms with Crippen LogP contribution in [-0.4, -0.2) is 95.9 Å². The van der Waals surface area contributed by atoms with Crippen LogP contribution in [0.3, 0.4) is 0 Å². The van der Waals surface area contributed by atoms with Crippen molar-refractivity contribution < 1.29 is 75.8 Å². The van der Waals surface area contributed by atoms with Gasteiger partial charge in [-0.3, -0.25) is 32.5 Å². The quantitative estimate of drug-likeness (QED) is 0.0146. The van der Waals surface area contributed by atoms with Gasteiger partial charge in [0.1, 0.15) is 25.4 Å². The first-order valence-electron chi connectivity index (χ1n) is 56.4. The molecule has 0 aromatic heterocycles. The minimum Gasteiger partial charge on any atom is -0.463 e. The second kappa shape index (κ2) is 111. The van der Waals surface area contributed by atoms with Crippen LogP contribution < -0.4 is 0 Å². The summed E-state index contributed by atoms with van der Waals surface area (Å²) in [5.74, 6) is -1.55. The Bertz CT molecular complexity index is 3360. The zero-order chi connectivity index (χ0) is 101. The fraction of sp³-hybridized carbons (Fsp3) is 0.694. The molecule has 0 amide bonds. The molecule has 0 aliphatic rings. The number of ether oxygens (including phenoxy) is 3. The Hall–Kier alpha value is -5.87. The van der Waals surface area contributed by atoms with E-state index in [1.54, 1.807) is 0 Å². The summed E-state index contributed by atoms with van der Waals surface area (Å²) in [6, 6.07) is 0. The molecule has 5 atom stereocenters. The molecule has 0 spiro atoms. The van der Waals surface area contributed by atoms with Gasteiger partial charge in [0.2, 0.25) is 0 Å². The Morgan fingerprint density at radius 3 is 0.568 bits per heavy atom. The predicted molar refractivity (Wildman–Crippen MR) is 592 cm³/mol. The van der Waals surface area contributed by atoms with Gasteiger partial charge in [0.15, 0.2) is 6.10 Å². The summed E-state index contributed by atoms with van der Waals surface area (Å²) in [7, 11) is -9.83. The predicted octanol–water partition coefficient (Wildman–Crippen LogP) is 36.6. The van der Waals surface area contributed by atoms with E-state index >= 15 is 0 Å². The summed E-state index contributed by atoms with van der Waals surface area (Å²) in [5.41, 5.74) is 0. The van der Waals surface area contributed by atoms with Crippen molar-refractivity contribution in [2.24, 2.45) is 0 Å². The largest absolute Gasteiger partial charge is 0.472 e. The lowest BCUT2D eigenvalue weighted by molar-refractivity contribution is -0.161. The summed E-state index contributed by atoms with van der Waals surface area (Å²) in [6.07, 6.45) is 152. The summed E-state index contributed by atoms with van der Waals surface area (Å²) < 4.78 is 61.9. The van der Waals surface area contributed by atoms with E-state index in [1.807, 2.05) is 0 Å². The average molecular weight is 1980 g/mol. The van der Waals surface area contributed by atoms with Gasteiger partial charge < -0.3 is 34.2 Å². The topological polar surface area (TPSA) is 231 Å². The number of carbonyl (C=O) groups excluding carboxylic acids is 3. The van der Waals surface area contributed by atoms with Crippen molar-refractivity contribution in [2.75, 3.05) is 39.6 Å². The van der Waals surface area contributed by atoms with Crippen LogP contribution in [0.2, 0.25) is 0 Å². The van der Waals surface area contributed by atoms with Crippen LogP contribution in [0.1, 0.15) is 483 Å². The lowest BCUT2D eigenvalue weighted by atomic mass is 10.0. The Kier molecular flexibility index (Phi) is 106. The summed E-state index contributed by atoms with van der Waals surface area (Å²) >= 11 is 0. The molecule has 0 aromatic rings. The van der Waals surface area contributed by atoms with Gasteiger partial charge in [-0.2, -0.15) is 0 Å². The molecular weight excluding hydrogens is 1770 g/mol. The number of aliphatic hydroxyl groups excluding tert-OH is 2. The first-order valence-corrected chi connectivity index (χ1v) is 59.4. The number of aliphatic hydroxyl groups is 2. The number of phosphoric acid groups is 2. The molecule has 4 N–H and O–H groups in total. The first kappa shape index (κ1) is 133. The highest BCUT2D eigenvalue weighted by atomic mass is 31.2. The van der Waals surface area contributed by atoms with Crippen molar-refractivity contribution in [1.29, 1.82) is 0 Å². The zero-order valence-corrected chi connectivity index (χ0v) is 90.4. The molecule has 5 unspecified atom stereocenters. The Morgan fingerprint density at radius 2 is 0.360 bits per heavy atom. The second-order valence-electron chi connectivity index (χ2n) is 37.4. The molecule has 0 aromatic carbocycles. The van der Waals surface area contributed by atoms with E-state index < -0.39 is 91.5 Å². The monoisotopic (exact) mass is 1980 g/mol. The van der Waals surface area contributed by atoms with E-state index in [1.165, 1.54) is 250 Å². The molecule has 0 aliphatic carbocycles. The van der Waals surface area contributed by atoms with Crippen LogP contribution in [0.5, 0.6) is 0 Å². The molecule has 796 valence electrons. The minimum atomic E-state index is -4.95. The van der Waals surface area contributed by atoms with Crippen molar-refractivity contribution in [1.82, 2.24) is 0 Å². The van der Waals surface area contributed by atoms with Crippen molar-refractivity contribution >= 4 is 33.6 Å². The van der Waals surface area contributed by atoms with Crippen LogP contribution in [0.15, 0.2) is 207 Å². The molecule has 0 saturated heterocycles. The number of phosphoric ester groups is 2. The van der Waals surface area contributed by atoms with Crippen LogP contribution in [0, 0.1) is 0 Å². The zero-order valence-electron chi connectivity index (χ0n) is 88.6. The first-order chi connectivity index (χ1) is 68.2. The fourth-order valence-corrected chi connectivity index (χ4v) is 17.2. The third-order valence-electron chi connectivity index (χ3n) is 24.0. The molecule has 18 heteroatoms. The van der Waals surface area contributed by atoms with Crippen LogP contribution in [0.25, 0.3) is 0 Å². The van der Waals surface area contributed by atoms with Gasteiger partial charge in [0.05, 0.1) is 26.4 Å². The van der Waals surface area contributed by atoms with Crippen molar-refractivity contribution in [3.63, 3.8) is 0 Å². The lowest BCUT2D eigenvalue weighted by Crippen LogP contribution is -2.30. The number of allylic oxidation sites excluding steroid dienone is 34. The highest BCUT2D eigenvalue weighted by Gasteiger charge is 2.30. The van der Waals surface area contributed by atoms with E-state index in [2.05, 4.69) is 227 Å². The molecule has 0 saturated carbocycles. The number of unbranched alkanes of at least 4 members (excludes halogenated alkanes) is 49. The molecule has 0 fully saturated rings. The number of esters is 3. The minimum absolute atomic E-state index is 0.103. The number of carbonyl (C=O) groups is 3. The number of rotatable bonds is 106. The standard InChI is InChI=1S/C121H206O16P2/c1-4-7-10-13-16-19-22-25-28-31-34-37-40-43-46-49-52-55-57-60-62-65-68-71-74-77-80-83-86-89-92-95-98-101-104-107-119(124)131-110-116(122)111-133-138(127,128)134-112-117(123)113-135-139(129,130)136-115-118(137-121(126)109-106-103-100-97-94-91-88-85-82-79-76-73-70-67-64-59-54-51-48-45-42-39-36-33-30-27-24-21-18-15-12-9-6-3)114-132-120(125)108-105-102-99-96-93-90-87-84-81-78-75-72-69-66-63-61-58-56-53-50-47-44-41-38-35-32-29-26-23-20-17-14-11-8-5-2/h7-12,16-21,25-30,34-39,43-48,52-53,55-56,116-118,122-123H,4-6,13-15,22-24,31-33,40-42,49-51,54,57-115H2,1-3H3,(H,127,128)(H,129,130)/b10-7-,11-8-,12-9-,19-16-,20-17-,21-18-,28-25-,29-26-,30-27-,37-34-,38-35-,39-36-,46-43-,47-44-,48-45-,55-52-,56-53-. The summed E-state index contributed by atoms with van der Waals surface area (Å²) in [4.78, 5) is 59.4. The molecular formula is C121H206O16P2. The van der Waals surface area contributed by atoms with Crippen LogP contribution in [0.4, 0.5) is 0 Å². The Balaban J connectivity index is 4.61. The highest BCUT2D eigenvalue weighted by molar-refractivity contribution is 7.47. The van der Waals surface area contributed by atoms with Gasteiger partial charge in [-0.1, -0.05) is 503 Å². The van der Waals surface area contributed by atoms with E-state index in [4.69, 9.17) is 32.3 Å². The molecule has 0 radical (unpaired) electrons. The molecule has 0 rings (SSSR count). The Labute approximate surface area is 851 Å². The van der Waals surface area contributed by atoms with E-state index in [0.29, 0.717) is 19.3 Å². The smallest absolute Gasteiger partial charge is 0.463 e. The van der Waals surface area contributed by atoms with Crippen molar-refractivity contribution in [3.8, 4) is 0 Å². The van der Waals surface area contributed by atoms with E-state index in [9.17, 15) is 43.5 Å². The van der Waals surface area contributed by atoms with Crippen LogP contribution in [-0.2, 0) is 55.8 Å². The molecule has 139 heavy (non-hydrogen) atoms. The highest BCUT2D eigenvalue weighted by Crippen LogP contribution is 2.45. The maximum absolute atomic E-state index is 13.2. The van der Waals surface area contributed by atoms with E-state index in [0.717, 1.165) is 173 Å². The molecule has 0 bridgehead atoms. The van der Waals surface area contributed by atoms with E-state index in [-0.39, 0.29) is 19.3 Å². The molecule has 0 aliphatic heterocycles. The normalized spacial score (nSPS) is 14.3. The van der Waals surface area contributed by atoms with Crippen LogP contribution >= 0.6 is 15.6 Å². The fourth-order valence-electron chi connectivity index (χ4n) is 15.6. The Morgan fingerprint density at radius 1 is 0.201 bits per heavy atom. The number of hydrogen-bond acceptors (Lipinski definition) is 14.